The molecule has 0 saturated carbocycles. The molecule has 0 aliphatic rings. The van der Waals surface area contributed by atoms with Crippen LogP contribution in [-0.2, 0) is 20.7 Å². The van der Waals surface area contributed by atoms with Crippen LogP contribution in [0.5, 0.6) is 5.75 Å². The SMILES string of the molecule is C#Cc1ccccc1C(C(=O)NCCCC)N(CC#N)C(=O)C(Cc1ccc(O)cc1)NC(=O)OC(C)(C)C. The Kier molecular flexibility index (Phi) is 11.4. The Labute approximate surface area is 230 Å². The van der Waals surface area contributed by atoms with Crippen molar-refractivity contribution >= 4 is 17.9 Å². The first-order valence-corrected chi connectivity index (χ1v) is 12.8. The monoisotopic (exact) mass is 532 g/mol. The molecule has 2 aromatic carbocycles. The van der Waals surface area contributed by atoms with Crippen molar-refractivity contribution < 1.29 is 24.2 Å². The number of alkyl carbamates (subject to hydrolysis) is 1. The van der Waals surface area contributed by atoms with Crippen LogP contribution in [0.4, 0.5) is 4.79 Å². The number of hydrogen-bond donors (Lipinski definition) is 3. The van der Waals surface area contributed by atoms with Crippen LogP contribution in [0.15, 0.2) is 48.5 Å². The van der Waals surface area contributed by atoms with Crippen LogP contribution in [0.3, 0.4) is 0 Å². The topological polar surface area (TPSA) is 132 Å². The molecule has 2 aromatic rings. The maximum absolute atomic E-state index is 14.1. The minimum Gasteiger partial charge on any atom is -0.508 e. The second kappa shape index (κ2) is 14.4. The largest absolute Gasteiger partial charge is 0.508 e. The van der Waals surface area contributed by atoms with E-state index in [9.17, 15) is 24.8 Å². The Hall–Kier alpha value is -4.50. The van der Waals surface area contributed by atoms with Gasteiger partial charge in [0.15, 0.2) is 0 Å². The van der Waals surface area contributed by atoms with Gasteiger partial charge in [0.1, 0.15) is 30.0 Å². The molecule has 0 heterocycles. The number of phenols is 1. The van der Waals surface area contributed by atoms with Crippen LogP contribution in [0.1, 0.15) is 63.3 Å². The van der Waals surface area contributed by atoms with Gasteiger partial charge in [-0.1, -0.05) is 49.6 Å². The number of terminal acetylenes is 1. The molecule has 3 N–H and O–H groups in total. The third-order valence-electron chi connectivity index (χ3n) is 5.69. The highest BCUT2D eigenvalue weighted by Gasteiger charge is 2.37. The predicted molar refractivity (Wildman–Crippen MR) is 147 cm³/mol. The summed E-state index contributed by atoms with van der Waals surface area (Å²) in [7, 11) is 0. The Morgan fingerprint density at radius 1 is 1.13 bits per heavy atom. The highest BCUT2D eigenvalue weighted by molar-refractivity contribution is 5.92. The van der Waals surface area contributed by atoms with E-state index < -0.39 is 42.1 Å². The summed E-state index contributed by atoms with van der Waals surface area (Å²) in [5.74, 6) is 1.44. The fourth-order valence-electron chi connectivity index (χ4n) is 3.89. The quantitative estimate of drug-likeness (QED) is 0.229. The number of nitriles is 1. The summed E-state index contributed by atoms with van der Waals surface area (Å²) >= 11 is 0. The average molecular weight is 533 g/mol. The summed E-state index contributed by atoms with van der Waals surface area (Å²) in [6, 6.07) is 12.4. The van der Waals surface area contributed by atoms with Crippen molar-refractivity contribution in [1.29, 1.82) is 5.26 Å². The molecule has 0 aliphatic heterocycles. The van der Waals surface area contributed by atoms with Gasteiger partial charge in [0.05, 0.1) is 6.07 Å². The van der Waals surface area contributed by atoms with E-state index >= 15 is 0 Å². The molecule has 0 fully saturated rings. The fourth-order valence-corrected chi connectivity index (χ4v) is 3.89. The van der Waals surface area contributed by atoms with E-state index in [0.717, 1.165) is 17.7 Å². The molecule has 0 radical (unpaired) electrons. The molecule has 0 aromatic heterocycles. The maximum Gasteiger partial charge on any atom is 0.408 e. The number of nitrogens with zero attached hydrogens (tertiary/aromatic N) is 2. The standard InChI is InChI=1S/C30H36N4O5/c1-6-8-18-32-27(36)26(24-12-10-9-11-22(24)7-2)34(19-17-31)28(37)25(33-29(38)39-30(3,4)5)20-21-13-15-23(35)16-14-21/h2,9-16,25-26,35H,6,8,18-20H2,1,3-5H3,(H,32,36)(H,33,38). The van der Waals surface area contributed by atoms with Crippen molar-refractivity contribution in [2.24, 2.45) is 0 Å². The van der Waals surface area contributed by atoms with Crippen LogP contribution in [0.25, 0.3) is 0 Å². The molecule has 2 atom stereocenters. The average Bonchev–Trinajstić information content (AvgIpc) is 2.88. The minimum absolute atomic E-state index is 0.0151. The Morgan fingerprint density at radius 2 is 1.79 bits per heavy atom. The third kappa shape index (κ3) is 9.39. The van der Waals surface area contributed by atoms with Crippen LogP contribution in [-0.4, -0.2) is 52.6 Å². The van der Waals surface area contributed by atoms with Gasteiger partial charge in [-0.25, -0.2) is 4.79 Å². The fraction of sp³-hybridized carbons (Fsp3) is 0.400. The number of nitrogens with one attached hydrogen (secondary N) is 2. The first-order chi connectivity index (χ1) is 18.5. The van der Waals surface area contributed by atoms with E-state index in [1.165, 1.54) is 12.1 Å². The highest BCUT2D eigenvalue weighted by Crippen LogP contribution is 2.26. The molecule has 2 rings (SSSR count). The maximum atomic E-state index is 14.1. The first kappa shape index (κ1) is 30.7. The Bertz CT molecular complexity index is 1220. The van der Waals surface area contributed by atoms with Crippen molar-refractivity contribution in [3.63, 3.8) is 0 Å². The zero-order chi connectivity index (χ0) is 29.0. The number of carbonyl (C=O) groups is 3. The summed E-state index contributed by atoms with van der Waals surface area (Å²) in [5.41, 5.74) is 0.597. The number of unbranched alkanes of at least 4 members (excludes halogenated alkanes) is 1. The summed E-state index contributed by atoms with van der Waals surface area (Å²) in [6.45, 7) is 7.01. The zero-order valence-electron chi connectivity index (χ0n) is 22.9. The summed E-state index contributed by atoms with van der Waals surface area (Å²) < 4.78 is 5.38. The van der Waals surface area contributed by atoms with E-state index in [1.807, 2.05) is 13.0 Å². The van der Waals surface area contributed by atoms with Gasteiger partial charge in [0.2, 0.25) is 11.8 Å². The number of hydrogen-bond acceptors (Lipinski definition) is 6. The minimum atomic E-state index is -1.22. The van der Waals surface area contributed by atoms with Crippen molar-refractivity contribution in [3.8, 4) is 24.2 Å². The summed E-state index contributed by atoms with van der Waals surface area (Å²) in [5, 5.41) is 24.8. The van der Waals surface area contributed by atoms with Gasteiger partial charge in [-0.15, -0.1) is 6.42 Å². The highest BCUT2D eigenvalue weighted by atomic mass is 16.6. The number of ether oxygens (including phenoxy) is 1. The Morgan fingerprint density at radius 3 is 2.38 bits per heavy atom. The zero-order valence-corrected chi connectivity index (χ0v) is 22.9. The van der Waals surface area contributed by atoms with E-state index in [-0.39, 0.29) is 12.2 Å². The molecule has 0 spiro atoms. The van der Waals surface area contributed by atoms with Crippen LogP contribution in [0.2, 0.25) is 0 Å². The number of carbonyl (C=O) groups excluding carboxylic acids is 3. The lowest BCUT2D eigenvalue weighted by molar-refractivity contribution is -0.141. The smallest absolute Gasteiger partial charge is 0.408 e. The van der Waals surface area contributed by atoms with Crippen molar-refractivity contribution in [2.75, 3.05) is 13.1 Å². The molecular weight excluding hydrogens is 496 g/mol. The van der Waals surface area contributed by atoms with Gasteiger partial charge in [-0.3, -0.25) is 9.59 Å². The molecular formula is C30H36N4O5. The van der Waals surface area contributed by atoms with E-state index in [2.05, 4.69) is 16.6 Å². The van der Waals surface area contributed by atoms with Crippen molar-refractivity contribution in [3.05, 3.63) is 65.2 Å². The molecule has 39 heavy (non-hydrogen) atoms. The first-order valence-electron chi connectivity index (χ1n) is 12.8. The predicted octanol–water partition coefficient (Wildman–Crippen LogP) is 3.82. The summed E-state index contributed by atoms with van der Waals surface area (Å²) in [6.07, 6.45) is 6.48. The molecule has 2 unspecified atom stereocenters. The second-order valence-corrected chi connectivity index (χ2v) is 9.97. The van der Waals surface area contributed by atoms with Gasteiger partial charge < -0.3 is 25.4 Å². The van der Waals surface area contributed by atoms with Crippen molar-refractivity contribution in [2.45, 2.75) is 64.6 Å². The number of rotatable bonds is 11. The molecule has 0 aliphatic carbocycles. The molecule has 9 heteroatoms. The van der Waals surface area contributed by atoms with Crippen LogP contribution in [0, 0.1) is 23.7 Å². The van der Waals surface area contributed by atoms with E-state index in [4.69, 9.17) is 11.2 Å². The van der Waals surface area contributed by atoms with Gasteiger partial charge in [0.25, 0.3) is 0 Å². The number of amides is 3. The van der Waals surface area contributed by atoms with Crippen LogP contribution < -0.4 is 10.6 Å². The lowest BCUT2D eigenvalue weighted by atomic mass is 9.96. The second-order valence-electron chi connectivity index (χ2n) is 9.97. The van der Waals surface area contributed by atoms with E-state index in [0.29, 0.717) is 23.2 Å². The molecule has 0 saturated heterocycles. The van der Waals surface area contributed by atoms with Gasteiger partial charge in [-0.2, -0.15) is 5.26 Å². The molecule has 206 valence electrons. The number of aromatic hydroxyl groups is 1. The lowest BCUT2D eigenvalue weighted by Gasteiger charge is -2.33. The molecule has 3 amide bonds. The Balaban J connectivity index is 2.56. The normalized spacial score (nSPS) is 12.3. The van der Waals surface area contributed by atoms with Gasteiger partial charge >= 0.3 is 6.09 Å². The van der Waals surface area contributed by atoms with Gasteiger partial charge in [0, 0.05) is 18.5 Å². The summed E-state index contributed by atoms with van der Waals surface area (Å²) in [4.78, 5) is 41.4. The van der Waals surface area contributed by atoms with Crippen LogP contribution >= 0.6 is 0 Å². The third-order valence-corrected chi connectivity index (χ3v) is 5.69. The molecule has 0 bridgehead atoms. The number of phenolic OH excluding ortho intramolecular Hbond substituents is 1. The lowest BCUT2D eigenvalue weighted by Crippen LogP contribution is -2.54. The van der Waals surface area contributed by atoms with Crippen molar-refractivity contribution in [1.82, 2.24) is 15.5 Å². The van der Waals surface area contributed by atoms with E-state index in [1.54, 1.807) is 57.2 Å². The molecule has 9 nitrogen and oxygen atoms in total. The van der Waals surface area contributed by atoms with Gasteiger partial charge in [-0.05, 0) is 56.5 Å². The number of benzene rings is 2.